The molecule has 1 unspecified atom stereocenters. The van der Waals surface area contributed by atoms with Crippen LogP contribution >= 0.6 is 11.3 Å². The molecule has 2 fully saturated rings. The Kier molecular flexibility index (Phi) is 6.66. The molecule has 0 spiro atoms. The SMILES string of the molecule is COc1ccccc1C(=O)N1CCN(CC2CN(C(=O)c3cccs3)CCO2)CC1. The number of nitrogens with zero attached hydrogens (tertiary/aromatic N) is 3. The van der Waals surface area contributed by atoms with E-state index in [4.69, 9.17) is 9.47 Å². The molecule has 30 heavy (non-hydrogen) atoms. The first kappa shape index (κ1) is 20.8. The maximum absolute atomic E-state index is 12.9. The van der Waals surface area contributed by atoms with Crippen LogP contribution in [-0.4, -0.2) is 92.1 Å². The highest BCUT2D eigenvalue weighted by molar-refractivity contribution is 7.12. The third kappa shape index (κ3) is 4.66. The molecule has 160 valence electrons. The van der Waals surface area contributed by atoms with Crippen molar-refractivity contribution in [3.05, 3.63) is 52.2 Å². The molecule has 1 aromatic carbocycles. The van der Waals surface area contributed by atoms with Gasteiger partial charge in [0.15, 0.2) is 0 Å². The lowest BCUT2D eigenvalue weighted by Gasteiger charge is -2.39. The molecule has 2 amide bonds. The first-order valence-corrected chi connectivity index (χ1v) is 11.1. The molecule has 0 N–H and O–H groups in total. The van der Waals surface area contributed by atoms with Gasteiger partial charge >= 0.3 is 0 Å². The van der Waals surface area contributed by atoms with Crippen molar-refractivity contribution in [2.45, 2.75) is 6.10 Å². The average Bonchev–Trinajstić information content (AvgIpc) is 3.34. The number of methoxy groups -OCH3 is 1. The molecule has 0 bridgehead atoms. The van der Waals surface area contributed by atoms with Crippen LogP contribution in [0, 0.1) is 0 Å². The molecule has 2 aromatic rings. The lowest BCUT2D eigenvalue weighted by Crippen LogP contribution is -2.54. The number of carbonyl (C=O) groups excluding carboxylic acids is 2. The molecule has 2 saturated heterocycles. The maximum atomic E-state index is 12.9. The van der Waals surface area contributed by atoms with E-state index in [2.05, 4.69) is 4.90 Å². The number of rotatable bonds is 5. The van der Waals surface area contributed by atoms with Gasteiger partial charge < -0.3 is 19.3 Å². The molecule has 7 nitrogen and oxygen atoms in total. The van der Waals surface area contributed by atoms with Crippen molar-refractivity contribution in [1.29, 1.82) is 0 Å². The zero-order valence-electron chi connectivity index (χ0n) is 17.2. The fraction of sp³-hybridized carbons (Fsp3) is 0.455. The number of ether oxygens (including phenoxy) is 2. The van der Waals surface area contributed by atoms with Crippen molar-refractivity contribution in [1.82, 2.24) is 14.7 Å². The van der Waals surface area contributed by atoms with E-state index in [1.165, 1.54) is 11.3 Å². The van der Waals surface area contributed by atoms with Gasteiger partial charge in [0.25, 0.3) is 11.8 Å². The Hall–Kier alpha value is -2.42. The Balaban J connectivity index is 1.28. The Morgan fingerprint density at radius 1 is 1.03 bits per heavy atom. The molecular weight excluding hydrogens is 402 g/mol. The number of amides is 2. The zero-order valence-corrected chi connectivity index (χ0v) is 18.0. The van der Waals surface area contributed by atoms with Crippen LogP contribution in [0.3, 0.4) is 0 Å². The lowest BCUT2D eigenvalue weighted by molar-refractivity contribution is -0.0398. The Morgan fingerprint density at radius 3 is 2.57 bits per heavy atom. The fourth-order valence-electron chi connectivity index (χ4n) is 3.98. The average molecular weight is 430 g/mol. The summed E-state index contributed by atoms with van der Waals surface area (Å²) in [6.45, 7) is 5.49. The van der Waals surface area contributed by atoms with Gasteiger partial charge in [0.1, 0.15) is 5.75 Å². The molecule has 3 heterocycles. The van der Waals surface area contributed by atoms with E-state index in [-0.39, 0.29) is 17.9 Å². The summed E-state index contributed by atoms with van der Waals surface area (Å²) >= 11 is 1.48. The number of benzene rings is 1. The topological polar surface area (TPSA) is 62.3 Å². The highest BCUT2D eigenvalue weighted by Crippen LogP contribution is 2.21. The standard InChI is InChI=1S/C22H27N3O4S/c1-28-19-6-3-2-5-18(19)21(26)24-10-8-23(9-11-24)15-17-16-25(12-13-29-17)22(27)20-7-4-14-30-20/h2-7,14,17H,8-13,15-16H2,1H3. The maximum Gasteiger partial charge on any atom is 0.264 e. The van der Waals surface area contributed by atoms with Crippen LogP contribution < -0.4 is 4.74 Å². The summed E-state index contributed by atoms with van der Waals surface area (Å²) in [4.78, 5) is 32.3. The summed E-state index contributed by atoms with van der Waals surface area (Å²) < 4.78 is 11.3. The molecule has 4 rings (SSSR count). The van der Waals surface area contributed by atoms with Crippen molar-refractivity contribution in [3.8, 4) is 5.75 Å². The number of hydrogen-bond acceptors (Lipinski definition) is 6. The summed E-state index contributed by atoms with van der Waals surface area (Å²) in [5, 5.41) is 1.93. The van der Waals surface area contributed by atoms with E-state index in [1.807, 2.05) is 51.6 Å². The number of para-hydroxylation sites is 1. The lowest BCUT2D eigenvalue weighted by atomic mass is 10.1. The first-order chi connectivity index (χ1) is 14.7. The van der Waals surface area contributed by atoms with Crippen molar-refractivity contribution < 1.29 is 19.1 Å². The van der Waals surface area contributed by atoms with E-state index >= 15 is 0 Å². The van der Waals surface area contributed by atoms with Gasteiger partial charge in [-0.05, 0) is 23.6 Å². The van der Waals surface area contributed by atoms with E-state index in [0.29, 0.717) is 44.1 Å². The molecule has 1 aromatic heterocycles. The summed E-state index contributed by atoms with van der Waals surface area (Å²) in [6.07, 6.45) is -0.000804. The Labute approximate surface area is 180 Å². The quantitative estimate of drug-likeness (QED) is 0.728. The summed E-state index contributed by atoms with van der Waals surface area (Å²) in [5.74, 6) is 0.704. The van der Waals surface area contributed by atoms with E-state index in [1.54, 1.807) is 7.11 Å². The van der Waals surface area contributed by atoms with Crippen LogP contribution in [-0.2, 0) is 4.74 Å². The van der Waals surface area contributed by atoms with Crippen LogP contribution in [0.2, 0.25) is 0 Å². The van der Waals surface area contributed by atoms with Gasteiger partial charge in [0, 0.05) is 45.8 Å². The summed E-state index contributed by atoms with van der Waals surface area (Å²) in [5.41, 5.74) is 0.604. The monoisotopic (exact) mass is 429 g/mol. The van der Waals surface area contributed by atoms with E-state index in [9.17, 15) is 9.59 Å². The fourth-order valence-corrected chi connectivity index (χ4v) is 4.67. The highest BCUT2D eigenvalue weighted by Gasteiger charge is 2.29. The van der Waals surface area contributed by atoms with Gasteiger partial charge in [-0.25, -0.2) is 0 Å². The summed E-state index contributed by atoms with van der Waals surface area (Å²) in [7, 11) is 1.58. The molecule has 0 saturated carbocycles. The number of thiophene rings is 1. The Bertz CT molecular complexity index is 865. The zero-order chi connectivity index (χ0) is 20.9. The predicted octanol–water partition coefficient (Wildman–Crippen LogP) is 2.06. The van der Waals surface area contributed by atoms with Crippen LogP contribution in [0.5, 0.6) is 5.75 Å². The van der Waals surface area contributed by atoms with Crippen molar-refractivity contribution in [3.63, 3.8) is 0 Å². The van der Waals surface area contributed by atoms with Crippen LogP contribution in [0.1, 0.15) is 20.0 Å². The minimum atomic E-state index is -0.000804. The molecule has 1 atom stereocenters. The first-order valence-electron chi connectivity index (χ1n) is 10.2. The third-order valence-electron chi connectivity index (χ3n) is 5.62. The van der Waals surface area contributed by atoms with Gasteiger partial charge in [-0.3, -0.25) is 14.5 Å². The second-order valence-electron chi connectivity index (χ2n) is 7.51. The molecular formula is C22H27N3O4S. The number of carbonyl (C=O) groups is 2. The van der Waals surface area contributed by atoms with Crippen LogP contribution in [0.25, 0.3) is 0 Å². The summed E-state index contributed by atoms with van der Waals surface area (Å²) in [6, 6.07) is 11.1. The van der Waals surface area contributed by atoms with Crippen LogP contribution in [0.15, 0.2) is 41.8 Å². The minimum absolute atomic E-state index is 0.000804. The Morgan fingerprint density at radius 2 is 1.83 bits per heavy atom. The molecule has 0 aliphatic carbocycles. The van der Waals surface area contributed by atoms with Gasteiger partial charge in [-0.15, -0.1) is 11.3 Å². The predicted molar refractivity (Wildman–Crippen MR) is 115 cm³/mol. The van der Waals surface area contributed by atoms with E-state index < -0.39 is 0 Å². The second-order valence-corrected chi connectivity index (χ2v) is 8.46. The van der Waals surface area contributed by atoms with Crippen molar-refractivity contribution in [2.75, 3.05) is 59.5 Å². The second kappa shape index (κ2) is 9.59. The number of hydrogen-bond donors (Lipinski definition) is 0. The van der Waals surface area contributed by atoms with Crippen molar-refractivity contribution >= 4 is 23.2 Å². The largest absolute Gasteiger partial charge is 0.496 e. The molecule has 8 heteroatoms. The van der Waals surface area contributed by atoms with Gasteiger partial charge in [-0.1, -0.05) is 18.2 Å². The molecule has 2 aliphatic heterocycles. The number of piperazine rings is 1. The normalized spacial score (nSPS) is 20.2. The van der Waals surface area contributed by atoms with E-state index in [0.717, 1.165) is 24.5 Å². The molecule has 2 aliphatic rings. The molecule has 0 radical (unpaired) electrons. The minimum Gasteiger partial charge on any atom is -0.496 e. The van der Waals surface area contributed by atoms with Gasteiger partial charge in [0.2, 0.25) is 0 Å². The highest BCUT2D eigenvalue weighted by atomic mass is 32.1. The van der Waals surface area contributed by atoms with Crippen molar-refractivity contribution in [2.24, 2.45) is 0 Å². The third-order valence-corrected chi connectivity index (χ3v) is 6.47. The van der Waals surface area contributed by atoms with Crippen LogP contribution in [0.4, 0.5) is 0 Å². The van der Waals surface area contributed by atoms with Gasteiger partial charge in [0.05, 0.1) is 30.3 Å². The smallest absolute Gasteiger partial charge is 0.264 e. The van der Waals surface area contributed by atoms with Gasteiger partial charge in [-0.2, -0.15) is 0 Å². The number of morpholine rings is 1.